The van der Waals surface area contributed by atoms with Crippen molar-refractivity contribution in [1.29, 1.82) is 0 Å². The van der Waals surface area contributed by atoms with Gasteiger partial charge in [0.2, 0.25) is 0 Å². The quantitative estimate of drug-likeness (QED) is 0.755. The minimum Gasteiger partial charge on any atom is -0.284 e. The van der Waals surface area contributed by atoms with Crippen molar-refractivity contribution in [2.75, 3.05) is 5.73 Å². The standard InChI is InChI=1S/C12H10N2O2/c13-11-8-4-5-9-14(11)16-12(15)10-6-2-1-3-7-10/h1-9,13H/p+1. The van der Waals surface area contributed by atoms with E-state index in [1.807, 2.05) is 6.07 Å². The third-order valence-electron chi connectivity index (χ3n) is 2.04. The van der Waals surface area contributed by atoms with Crippen molar-refractivity contribution >= 4 is 11.8 Å². The van der Waals surface area contributed by atoms with Gasteiger partial charge in [-0.3, -0.25) is 10.6 Å². The van der Waals surface area contributed by atoms with Gasteiger partial charge in [-0.05, 0) is 22.9 Å². The molecule has 0 amide bonds. The van der Waals surface area contributed by atoms with Crippen LogP contribution in [0, 0.1) is 0 Å². The Kier molecular flexibility index (Phi) is 2.82. The highest BCUT2D eigenvalue weighted by atomic mass is 16.7. The third kappa shape index (κ3) is 2.17. The predicted molar refractivity (Wildman–Crippen MR) is 58.4 cm³/mol. The van der Waals surface area contributed by atoms with E-state index < -0.39 is 5.97 Å². The SMILES string of the molecule is Nc1cccc[n+]1OC(=O)c1ccccc1. The van der Waals surface area contributed by atoms with Crippen molar-refractivity contribution in [3.8, 4) is 0 Å². The number of nitrogens with zero attached hydrogens (tertiary/aromatic N) is 1. The van der Waals surface area contributed by atoms with Crippen LogP contribution < -0.4 is 15.3 Å². The number of nitrogen functional groups attached to an aromatic ring is 1. The van der Waals surface area contributed by atoms with Crippen LogP contribution in [-0.4, -0.2) is 5.97 Å². The van der Waals surface area contributed by atoms with Crippen molar-refractivity contribution in [3.05, 3.63) is 60.3 Å². The maximum Gasteiger partial charge on any atom is 0.388 e. The minimum atomic E-state index is -0.441. The van der Waals surface area contributed by atoms with E-state index in [0.29, 0.717) is 11.4 Å². The van der Waals surface area contributed by atoms with Gasteiger partial charge in [0.15, 0.2) is 0 Å². The molecule has 2 rings (SSSR count). The van der Waals surface area contributed by atoms with Crippen LogP contribution in [0.5, 0.6) is 0 Å². The smallest absolute Gasteiger partial charge is 0.284 e. The molecule has 4 nitrogen and oxygen atoms in total. The second-order valence-corrected chi connectivity index (χ2v) is 3.20. The van der Waals surface area contributed by atoms with E-state index >= 15 is 0 Å². The number of carbonyl (C=O) groups is 1. The first kappa shape index (κ1) is 10.2. The molecule has 0 saturated heterocycles. The Morgan fingerprint density at radius 1 is 1.06 bits per heavy atom. The highest BCUT2D eigenvalue weighted by Gasteiger charge is 2.12. The molecule has 0 fully saturated rings. The van der Waals surface area contributed by atoms with E-state index in [2.05, 4.69) is 0 Å². The summed E-state index contributed by atoms with van der Waals surface area (Å²) in [6.45, 7) is 0. The van der Waals surface area contributed by atoms with Crippen LogP contribution in [0.3, 0.4) is 0 Å². The van der Waals surface area contributed by atoms with Gasteiger partial charge in [0.05, 0.1) is 5.56 Å². The molecule has 0 spiro atoms. The molecule has 0 bridgehead atoms. The number of nitrogens with two attached hydrogens (primary N) is 1. The van der Waals surface area contributed by atoms with Crippen LogP contribution in [0.15, 0.2) is 54.7 Å². The Bertz CT molecular complexity index is 497. The van der Waals surface area contributed by atoms with Gasteiger partial charge in [-0.2, -0.15) is 0 Å². The molecule has 0 radical (unpaired) electrons. The molecule has 80 valence electrons. The lowest BCUT2D eigenvalue weighted by atomic mass is 10.2. The first-order chi connectivity index (χ1) is 7.77. The van der Waals surface area contributed by atoms with Gasteiger partial charge in [0, 0.05) is 6.07 Å². The zero-order valence-corrected chi connectivity index (χ0v) is 8.54. The molecular weight excluding hydrogens is 204 g/mol. The number of anilines is 1. The molecule has 0 atom stereocenters. The first-order valence-electron chi connectivity index (χ1n) is 4.81. The lowest BCUT2D eigenvalue weighted by Crippen LogP contribution is -2.47. The van der Waals surface area contributed by atoms with Gasteiger partial charge in [0.1, 0.15) is 6.20 Å². The molecule has 16 heavy (non-hydrogen) atoms. The highest BCUT2D eigenvalue weighted by Crippen LogP contribution is 1.98. The molecule has 1 aromatic heterocycles. The highest BCUT2D eigenvalue weighted by molar-refractivity contribution is 5.89. The monoisotopic (exact) mass is 215 g/mol. The second-order valence-electron chi connectivity index (χ2n) is 3.20. The summed E-state index contributed by atoms with van der Waals surface area (Å²) < 4.78 is 1.23. The zero-order valence-electron chi connectivity index (χ0n) is 8.54. The Morgan fingerprint density at radius 3 is 2.44 bits per heavy atom. The molecule has 4 heteroatoms. The van der Waals surface area contributed by atoms with Crippen molar-refractivity contribution in [1.82, 2.24) is 0 Å². The maximum absolute atomic E-state index is 11.7. The van der Waals surface area contributed by atoms with Crippen LogP contribution in [0.2, 0.25) is 0 Å². The maximum atomic E-state index is 11.7. The topological polar surface area (TPSA) is 56.2 Å². The summed E-state index contributed by atoms with van der Waals surface area (Å²) in [4.78, 5) is 16.8. The zero-order chi connectivity index (χ0) is 11.4. The Hall–Kier alpha value is -2.36. The lowest BCUT2D eigenvalue weighted by Gasteiger charge is -2.01. The number of pyridine rings is 1. The van der Waals surface area contributed by atoms with E-state index in [-0.39, 0.29) is 0 Å². The molecule has 0 aliphatic heterocycles. The number of hydrogen-bond donors (Lipinski definition) is 1. The van der Waals surface area contributed by atoms with E-state index in [4.69, 9.17) is 10.6 Å². The van der Waals surface area contributed by atoms with Gasteiger partial charge < -0.3 is 0 Å². The van der Waals surface area contributed by atoms with Crippen LogP contribution in [0.25, 0.3) is 0 Å². The Morgan fingerprint density at radius 2 is 1.75 bits per heavy atom. The summed E-state index contributed by atoms with van der Waals surface area (Å²) in [6.07, 6.45) is 1.58. The van der Waals surface area contributed by atoms with Gasteiger partial charge in [0.25, 0.3) is 0 Å². The first-order valence-corrected chi connectivity index (χ1v) is 4.81. The summed E-state index contributed by atoms with van der Waals surface area (Å²) in [6, 6.07) is 13.9. The van der Waals surface area contributed by atoms with Crippen molar-refractivity contribution in [2.24, 2.45) is 0 Å². The van der Waals surface area contributed by atoms with Gasteiger partial charge in [-0.1, -0.05) is 24.3 Å². The van der Waals surface area contributed by atoms with Gasteiger partial charge in [-0.25, -0.2) is 4.79 Å². The molecular formula is C12H11N2O2+. The normalized spacial score (nSPS) is 9.75. The minimum absolute atomic E-state index is 0.367. The average Bonchev–Trinajstić information content (AvgIpc) is 2.33. The molecule has 2 N–H and O–H groups in total. The summed E-state index contributed by atoms with van der Waals surface area (Å²) in [5.41, 5.74) is 6.12. The summed E-state index contributed by atoms with van der Waals surface area (Å²) in [5, 5.41) is 0. The number of hydrogen-bond acceptors (Lipinski definition) is 3. The van der Waals surface area contributed by atoms with Crippen LogP contribution in [-0.2, 0) is 0 Å². The van der Waals surface area contributed by atoms with Crippen LogP contribution in [0.4, 0.5) is 5.82 Å². The number of carbonyl (C=O) groups excluding carboxylic acids is 1. The van der Waals surface area contributed by atoms with E-state index in [9.17, 15) is 4.79 Å². The van der Waals surface area contributed by atoms with Crippen LogP contribution >= 0.6 is 0 Å². The number of benzene rings is 1. The summed E-state index contributed by atoms with van der Waals surface area (Å²) >= 11 is 0. The van der Waals surface area contributed by atoms with E-state index in [1.54, 1.807) is 48.7 Å². The number of aromatic nitrogens is 1. The Balaban J connectivity index is 2.18. The van der Waals surface area contributed by atoms with Crippen molar-refractivity contribution in [2.45, 2.75) is 0 Å². The largest absolute Gasteiger partial charge is 0.388 e. The molecule has 1 heterocycles. The molecule has 0 unspecified atom stereocenters. The van der Waals surface area contributed by atoms with Gasteiger partial charge in [-0.15, -0.1) is 0 Å². The van der Waals surface area contributed by atoms with Crippen LogP contribution in [0.1, 0.15) is 10.4 Å². The molecule has 0 aliphatic carbocycles. The third-order valence-corrected chi connectivity index (χ3v) is 2.04. The van der Waals surface area contributed by atoms with Crippen molar-refractivity contribution in [3.63, 3.8) is 0 Å². The predicted octanol–water partition coefficient (Wildman–Crippen LogP) is 0.825. The van der Waals surface area contributed by atoms with E-state index in [1.165, 1.54) is 4.73 Å². The fourth-order valence-corrected chi connectivity index (χ4v) is 1.24. The fourth-order valence-electron chi connectivity index (χ4n) is 1.24. The lowest BCUT2D eigenvalue weighted by molar-refractivity contribution is -0.856. The van der Waals surface area contributed by atoms with Crippen molar-refractivity contribution < 1.29 is 14.4 Å². The van der Waals surface area contributed by atoms with Gasteiger partial charge >= 0.3 is 11.8 Å². The second kappa shape index (κ2) is 4.44. The molecule has 0 saturated carbocycles. The summed E-state index contributed by atoms with van der Waals surface area (Å²) in [7, 11) is 0. The van der Waals surface area contributed by atoms with E-state index in [0.717, 1.165) is 0 Å². The molecule has 1 aromatic carbocycles. The average molecular weight is 215 g/mol. The fraction of sp³-hybridized carbons (Fsp3) is 0. The Labute approximate surface area is 92.9 Å². The number of rotatable bonds is 2. The molecule has 2 aromatic rings. The molecule has 0 aliphatic rings. The summed E-state index contributed by atoms with van der Waals surface area (Å²) in [5.74, 6) is -0.0738.